The SMILES string of the molecule is C=CC(=O)Nc1ccc(O)c(C(=O)N2CCCC(C3(C)OCCO3)C2)c1. The summed E-state index contributed by atoms with van der Waals surface area (Å²) < 4.78 is 11.5. The van der Waals surface area contributed by atoms with Crippen LogP contribution in [0.2, 0.25) is 0 Å². The zero-order valence-electron chi connectivity index (χ0n) is 14.9. The molecule has 0 bridgehead atoms. The first kappa shape index (κ1) is 18.4. The standard InChI is InChI=1S/C19H24N2O5/c1-3-17(23)20-14-6-7-16(22)15(11-14)18(24)21-8-4-5-13(12-21)19(2)25-9-10-26-19/h3,6-7,11,13,22H,1,4-5,8-10,12H2,2H3,(H,20,23). The molecule has 7 heteroatoms. The molecule has 1 aromatic carbocycles. The van der Waals surface area contributed by atoms with Gasteiger partial charge in [-0.15, -0.1) is 0 Å². The average molecular weight is 360 g/mol. The molecule has 0 spiro atoms. The molecule has 1 unspecified atom stereocenters. The smallest absolute Gasteiger partial charge is 0.257 e. The summed E-state index contributed by atoms with van der Waals surface area (Å²) >= 11 is 0. The maximum atomic E-state index is 12.9. The number of rotatable bonds is 4. The van der Waals surface area contributed by atoms with Crippen LogP contribution in [-0.2, 0) is 14.3 Å². The van der Waals surface area contributed by atoms with E-state index in [2.05, 4.69) is 11.9 Å². The number of piperidine rings is 1. The molecule has 7 nitrogen and oxygen atoms in total. The number of amides is 2. The van der Waals surface area contributed by atoms with Crippen molar-refractivity contribution in [3.05, 3.63) is 36.4 Å². The van der Waals surface area contributed by atoms with Crippen molar-refractivity contribution in [2.24, 2.45) is 5.92 Å². The Morgan fingerprint density at radius 1 is 1.38 bits per heavy atom. The van der Waals surface area contributed by atoms with Crippen molar-refractivity contribution < 1.29 is 24.2 Å². The number of hydrogen-bond donors (Lipinski definition) is 2. The van der Waals surface area contributed by atoms with Gasteiger partial charge in [0.05, 0.1) is 18.8 Å². The Hall–Kier alpha value is -2.38. The van der Waals surface area contributed by atoms with Crippen LogP contribution in [0.25, 0.3) is 0 Å². The van der Waals surface area contributed by atoms with Crippen LogP contribution in [0.5, 0.6) is 5.75 Å². The second-order valence-corrected chi connectivity index (χ2v) is 6.73. The number of likely N-dealkylation sites (tertiary alicyclic amines) is 1. The van der Waals surface area contributed by atoms with E-state index in [0.717, 1.165) is 18.9 Å². The zero-order valence-corrected chi connectivity index (χ0v) is 14.9. The van der Waals surface area contributed by atoms with Gasteiger partial charge < -0.3 is 24.8 Å². The van der Waals surface area contributed by atoms with Gasteiger partial charge in [-0.1, -0.05) is 6.58 Å². The monoisotopic (exact) mass is 360 g/mol. The van der Waals surface area contributed by atoms with Crippen LogP contribution >= 0.6 is 0 Å². The maximum Gasteiger partial charge on any atom is 0.257 e. The van der Waals surface area contributed by atoms with Gasteiger partial charge in [0.15, 0.2) is 5.79 Å². The van der Waals surface area contributed by atoms with Gasteiger partial charge in [0.25, 0.3) is 5.91 Å². The van der Waals surface area contributed by atoms with E-state index in [1.54, 1.807) is 4.90 Å². The third-order valence-electron chi connectivity index (χ3n) is 4.99. The topological polar surface area (TPSA) is 88.1 Å². The lowest BCUT2D eigenvalue weighted by Gasteiger charge is -2.40. The van der Waals surface area contributed by atoms with E-state index in [4.69, 9.17) is 9.47 Å². The minimum atomic E-state index is -0.666. The molecule has 2 aliphatic rings. The van der Waals surface area contributed by atoms with Crippen LogP contribution in [0.15, 0.2) is 30.9 Å². The molecule has 3 rings (SSSR count). The number of carbonyl (C=O) groups excluding carboxylic acids is 2. The van der Waals surface area contributed by atoms with Crippen LogP contribution in [-0.4, -0.2) is 53.9 Å². The number of nitrogens with zero attached hydrogens (tertiary/aromatic N) is 1. The van der Waals surface area contributed by atoms with Crippen molar-refractivity contribution in [3.8, 4) is 5.75 Å². The molecule has 2 saturated heterocycles. The predicted molar refractivity (Wildman–Crippen MR) is 95.9 cm³/mol. The summed E-state index contributed by atoms with van der Waals surface area (Å²) in [6.07, 6.45) is 2.90. The summed E-state index contributed by atoms with van der Waals surface area (Å²) in [5, 5.41) is 12.7. The molecule has 2 amide bonds. The fourth-order valence-electron chi connectivity index (χ4n) is 3.50. The molecule has 2 heterocycles. The molecule has 0 saturated carbocycles. The number of anilines is 1. The lowest BCUT2D eigenvalue weighted by atomic mass is 9.90. The van der Waals surface area contributed by atoms with Crippen LogP contribution in [0.4, 0.5) is 5.69 Å². The summed E-state index contributed by atoms with van der Waals surface area (Å²) in [7, 11) is 0. The molecule has 0 radical (unpaired) electrons. The number of hydrogen-bond acceptors (Lipinski definition) is 5. The molecule has 2 fully saturated rings. The van der Waals surface area contributed by atoms with E-state index >= 15 is 0 Å². The number of ether oxygens (including phenoxy) is 2. The molecular weight excluding hydrogens is 336 g/mol. The lowest BCUT2D eigenvalue weighted by Crippen LogP contribution is -2.48. The predicted octanol–water partition coefficient (Wildman–Crippen LogP) is 2.13. The van der Waals surface area contributed by atoms with Crippen LogP contribution in [0, 0.1) is 5.92 Å². The summed E-state index contributed by atoms with van der Waals surface area (Å²) in [5.74, 6) is -1.36. The second kappa shape index (κ2) is 7.47. The van der Waals surface area contributed by atoms with E-state index in [1.165, 1.54) is 18.2 Å². The highest BCUT2D eigenvalue weighted by molar-refractivity contribution is 6.02. The van der Waals surface area contributed by atoms with Gasteiger partial charge in [-0.05, 0) is 44.0 Å². The van der Waals surface area contributed by atoms with Crippen molar-refractivity contribution in [2.45, 2.75) is 25.6 Å². The van der Waals surface area contributed by atoms with Crippen molar-refractivity contribution in [1.82, 2.24) is 4.90 Å². The Morgan fingerprint density at radius 3 is 2.81 bits per heavy atom. The molecule has 2 N–H and O–H groups in total. The van der Waals surface area contributed by atoms with E-state index in [0.29, 0.717) is 32.0 Å². The summed E-state index contributed by atoms with van der Waals surface area (Å²) in [6.45, 7) is 7.54. The highest BCUT2D eigenvalue weighted by atomic mass is 16.7. The minimum Gasteiger partial charge on any atom is -0.507 e. The van der Waals surface area contributed by atoms with Gasteiger partial charge in [-0.2, -0.15) is 0 Å². The Labute approximate surface area is 152 Å². The average Bonchev–Trinajstić information content (AvgIpc) is 3.10. The number of nitrogens with one attached hydrogen (secondary N) is 1. The van der Waals surface area contributed by atoms with Crippen molar-refractivity contribution >= 4 is 17.5 Å². The molecule has 1 aromatic rings. The van der Waals surface area contributed by atoms with E-state index in [-0.39, 0.29) is 29.0 Å². The molecule has 26 heavy (non-hydrogen) atoms. The van der Waals surface area contributed by atoms with Crippen molar-refractivity contribution in [2.75, 3.05) is 31.6 Å². The molecule has 0 aliphatic carbocycles. The number of carbonyl (C=O) groups is 2. The normalized spacial score (nSPS) is 22.0. The van der Waals surface area contributed by atoms with Gasteiger partial charge in [0, 0.05) is 24.7 Å². The first-order chi connectivity index (χ1) is 12.4. The quantitative estimate of drug-likeness (QED) is 0.634. The summed E-state index contributed by atoms with van der Waals surface area (Å²) in [4.78, 5) is 26.1. The van der Waals surface area contributed by atoms with Crippen LogP contribution in [0.1, 0.15) is 30.1 Å². The number of phenols is 1. The molecule has 0 aromatic heterocycles. The first-order valence-electron chi connectivity index (χ1n) is 8.76. The van der Waals surface area contributed by atoms with Crippen molar-refractivity contribution in [3.63, 3.8) is 0 Å². The molecule has 2 aliphatic heterocycles. The third kappa shape index (κ3) is 3.73. The van der Waals surface area contributed by atoms with Gasteiger partial charge >= 0.3 is 0 Å². The molecule has 140 valence electrons. The van der Waals surface area contributed by atoms with E-state index in [1.807, 2.05) is 6.92 Å². The van der Waals surface area contributed by atoms with Crippen molar-refractivity contribution in [1.29, 1.82) is 0 Å². The Balaban J connectivity index is 1.76. The van der Waals surface area contributed by atoms with Gasteiger partial charge in [0.1, 0.15) is 5.75 Å². The van der Waals surface area contributed by atoms with Gasteiger partial charge in [-0.25, -0.2) is 0 Å². The Morgan fingerprint density at radius 2 is 2.12 bits per heavy atom. The van der Waals surface area contributed by atoms with E-state index in [9.17, 15) is 14.7 Å². The summed E-state index contributed by atoms with van der Waals surface area (Å²) in [6, 6.07) is 4.42. The summed E-state index contributed by atoms with van der Waals surface area (Å²) in [5.41, 5.74) is 0.588. The molecular formula is C19H24N2O5. The highest BCUT2D eigenvalue weighted by Crippen LogP contribution is 2.35. The minimum absolute atomic E-state index is 0.0773. The fourth-order valence-corrected chi connectivity index (χ4v) is 3.50. The fraction of sp³-hybridized carbons (Fsp3) is 0.474. The van der Waals surface area contributed by atoms with Crippen LogP contribution < -0.4 is 5.32 Å². The lowest BCUT2D eigenvalue weighted by molar-refractivity contribution is -0.189. The third-order valence-corrected chi connectivity index (χ3v) is 4.99. The first-order valence-corrected chi connectivity index (χ1v) is 8.76. The zero-order chi connectivity index (χ0) is 18.7. The Bertz CT molecular complexity index is 712. The largest absolute Gasteiger partial charge is 0.507 e. The molecule has 1 atom stereocenters. The number of benzene rings is 1. The van der Waals surface area contributed by atoms with Gasteiger partial charge in [0.2, 0.25) is 5.91 Å². The Kier molecular flexibility index (Phi) is 5.29. The van der Waals surface area contributed by atoms with E-state index < -0.39 is 5.79 Å². The number of aromatic hydroxyl groups is 1. The van der Waals surface area contributed by atoms with Gasteiger partial charge in [-0.3, -0.25) is 9.59 Å². The van der Waals surface area contributed by atoms with Crippen LogP contribution in [0.3, 0.4) is 0 Å². The second-order valence-electron chi connectivity index (χ2n) is 6.73. The maximum absolute atomic E-state index is 12.9. The number of phenolic OH excluding ortho intramolecular Hbond substituents is 1. The highest BCUT2D eigenvalue weighted by Gasteiger charge is 2.42.